The molecule has 3 rings (SSSR count). The molecule has 0 spiro atoms. The molecule has 1 saturated heterocycles. The lowest BCUT2D eigenvalue weighted by molar-refractivity contribution is -0.129. The monoisotopic (exact) mass is 426 g/mol. The zero-order chi connectivity index (χ0) is 18.4. The summed E-state index contributed by atoms with van der Waals surface area (Å²) in [5.74, 6) is -0.266. The second-order valence-corrected chi connectivity index (χ2v) is 6.11. The fourth-order valence-corrected chi connectivity index (χ4v) is 2.74. The van der Waals surface area contributed by atoms with E-state index in [2.05, 4.69) is 20.9 Å². The number of hydrogen-bond donors (Lipinski definition) is 3. The first-order valence-electron chi connectivity index (χ1n) is 8.56. The Balaban J connectivity index is 0.00000196. The first-order chi connectivity index (χ1) is 12.6. The van der Waals surface area contributed by atoms with Crippen LogP contribution in [-0.2, 0) is 16.1 Å². The number of carbonyl (C=O) groups excluding carboxylic acids is 2. The number of hydrogen-bond acceptors (Lipinski definition) is 5. The minimum atomic E-state index is -0.331. The molecule has 9 heteroatoms. The predicted molar refractivity (Wildman–Crippen MR) is 112 cm³/mol. The molecule has 1 aliphatic rings. The summed E-state index contributed by atoms with van der Waals surface area (Å²) in [7, 11) is 0. The van der Waals surface area contributed by atoms with E-state index in [1.165, 1.54) is 0 Å². The fraction of sp³-hybridized carbons (Fsp3) is 0.316. The van der Waals surface area contributed by atoms with Gasteiger partial charge in [-0.3, -0.25) is 14.6 Å². The van der Waals surface area contributed by atoms with E-state index in [0.717, 1.165) is 5.56 Å². The van der Waals surface area contributed by atoms with Crippen molar-refractivity contribution >= 4 is 42.3 Å². The van der Waals surface area contributed by atoms with Crippen LogP contribution in [-0.4, -0.2) is 42.1 Å². The molecule has 7 nitrogen and oxygen atoms in total. The number of halogens is 2. The van der Waals surface area contributed by atoms with Gasteiger partial charge in [0.1, 0.15) is 6.04 Å². The first-order valence-corrected chi connectivity index (χ1v) is 8.56. The maximum absolute atomic E-state index is 12.2. The molecule has 28 heavy (non-hydrogen) atoms. The minimum absolute atomic E-state index is 0. The molecule has 1 aromatic carbocycles. The van der Waals surface area contributed by atoms with E-state index in [1.54, 1.807) is 24.5 Å². The van der Waals surface area contributed by atoms with E-state index in [-0.39, 0.29) is 48.8 Å². The van der Waals surface area contributed by atoms with Crippen molar-refractivity contribution in [2.24, 2.45) is 0 Å². The van der Waals surface area contributed by atoms with Crippen LogP contribution >= 0.6 is 24.8 Å². The van der Waals surface area contributed by atoms with Crippen molar-refractivity contribution in [2.45, 2.75) is 25.6 Å². The Morgan fingerprint density at radius 1 is 1.14 bits per heavy atom. The van der Waals surface area contributed by atoms with E-state index in [0.29, 0.717) is 30.9 Å². The number of rotatable bonds is 5. The number of pyridine rings is 1. The van der Waals surface area contributed by atoms with Gasteiger partial charge in [-0.25, -0.2) is 0 Å². The van der Waals surface area contributed by atoms with Crippen molar-refractivity contribution in [3.8, 4) is 0 Å². The second kappa shape index (κ2) is 11.6. The largest absolute Gasteiger partial charge is 0.375 e. The molecule has 3 N–H and O–H groups in total. The number of benzene rings is 1. The molecule has 0 radical (unpaired) electrons. The summed E-state index contributed by atoms with van der Waals surface area (Å²) in [6.45, 7) is 3.60. The molecule has 2 amide bonds. The molecule has 0 unspecified atom stereocenters. The van der Waals surface area contributed by atoms with Crippen molar-refractivity contribution in [3.63, 3.8) is 0 Å². The fourth-order valence-electron chi connectivity index (χ4n) is 2.74. The molecular formula is C19H24Cl2N4O3. The molecule has 2 heterocycles. The average molecular weight is 427 g/mol. The van der Waals surface area contributed by atoms with Crippen molar-refractivity contribution in [2.75, 3.05) is 18.5 Å². The van der Waals surface area contributed by atoms with Gasteiger partial charge in [0, 0.05) is 36.7 Å². The van der Waals surface area contributed by atoms with Crippen LogP contribution in [0, 0.1) is 0 Å². The van der Waals surface area contributed by atoms with Crippen LogP contribution in [0.15, 0.2) is 48.8 Å². The van der Waals surface area contributed by atoms with Crippen LogP contribution < -0.4 is 16.0 Å². The molecule has 0 aliphatic carbocycles. The number of amides is 2. The molecule has 1 aliphatic heterocycles. The Kier molecular flexibility index (Phi) is 9.89. The van der Waals surface area contributed by atoms with E-state index in [9.17, 15) is 9.59 Å². The van der Waals surface area contributed by atoms with Gasteiger partial charge in [0.2, 0.25) is 5.91 Å². The predicted octanol–water partition coefficient (Wildman–Crippen LogP) is 2.17. The maximum atomic E-state index is 12.2. The Hall–Kier alpha value is -2.19. The highest BCUT2D eigenvalue weighted by Gasteiger charge is 2.27. The molecule has 2 aromatic rings. The molecule has 0 saturated carbocycles. The average Bonchev–Trinajstić information content (AvgIpc) is 2.68. The van der Waals surface area contributed by atoms with Crippen LogP contribution in [0.1, 0.15) is 22.8 Å². The highest BCUT2D eigenvalue weighted by atomic mass is 35.5. The Bertz CT molecular complexity index is 760. The zero-order valence-corrected chi connectivity index (χ0v) is 17.0. The van der Waals surface area contributed by atoms with E-state index in [1.807, 2.05) is 31.2 Å². The summed E-state index contributed by atoms with van der Waals surface area (Å²) < 4.78 is 5.49. The van der Waals surface area contributed by atoms with Gasteiger partial charge in [0.25, 0.3) is 5.91 Å². The lowest BCUT2D eigenvalue weighted by Gasteiger charge is -2.29. The molecule has 2 atom stereocenters. The van der Waals surface area contributed by atoms with Gasteiger partial charge in [0.15, 0.2) is 0 Å². The number of carbonyl (C=O) groups is 2. The summed E-state index contributed by atoms with van der Waals surface area (Å²) in [6.07, 6.45) is 3.01. The van der Waals surface area contributed by atoms with E-state index >= 15 is 0 Å². The van der Waals surface area contributed by atoms with Gasteiger partial charge in [-0.15, -0.1) is 24.8 Å². The Labute approximate surface area is 176 Å². The molecule has 152 valence electrons. The minimum Gasteiger partial charge on any atom is -0.375 e. The smallest absolute Gasteiger partial charge is 0.255 e. The maximum Gasteiger partial charge on any atom is 0.255 e. The third kappa shape index (κ3) is 6.45. The molecular weight excluding hydrogens is 403 g/mol. The van der Waals surface area contributed by atoms with Crippen LogP contribution in [0.5, 0.6) is 0 Å². The number of nitrogens with zero attached hydrogens (tertiary/aromatic N) is 1. The van der Waals surface area contributed by atoms with Gasteiger partial charge in [-0.2, -0.15) is 0 Å². The number of ether oxygens (including phenoxy) is 1. The molecule has 1 fully saturated rings. The van der Waals surface area contributed by atoms with Crippen LogP contribution in [0.2, 0.25) is 0 Å². The van der Waals surface area contributed by atoms with Crippen LogP contribution in [0.25, 0.3) is 0 Å². The lowest BCUT2D eigenvalue weighted by atomic mass is 10.1. The van der Waals surface area contributed by atoms with Gasteiger partial charge >= 0.3 is 0 Å². The zero-order valence-electron chi connectivity index (χ0n) is 15.4. The summed E-state index contributed by atoms with van der Waals surface area (Å²) in [4.78, 5) is 28.2. The Morgan fingerprint density at radius 3 is 2.46 bits per heavy atom. The third-order valence-corrected chi connectivity index (χ3v) is 4.22. The number of morpholine rings is 1. The highest BCUT2D eigenvalue weighted by Crippen LogP contribution is 2.12. The van der Waals surface area contributed by atoms with Crippen LogP contribution in [0.4, 0.5) is 5.69 Å². The first kappa shape index (κ1) is 23.8. The molecule has 0 bridgehead atoms. The Morgan fingerprint density at radius 2 is 1.82 bits per heavy atom. The third-order valence-electron chi connectivity index (χ3n) is 4.22. The highest BCUT2D eigenvalue weighted by molar-refractivity contribution is 6.04. The summed E-state index contributed by atoms with van der Waals surface area (Å²) in [5.41, 5.74) is 2.19. The van der Waals surface area contributed by atoms with Crippen molar-refractivity contribution < 1.29 is 14.3 Å². The van der Waals surface area contributed by atoms with Crippen LogP contribution in [0.3, 0.4) is 0 Å². The van der Waals surface area contributed by atoms with Gasteiger partial charge in [0.05, 0.1) is 12.7 Å². The molecule has 1 aromatic heterocycles. The number of aromatic nitrogens is 1. The van der Waals surface area contributed by atoms with Gasteiger partial charge in [-0.05, 0) is 36.8 Å². The van der Waals surface area contributed by atoms with Crippen molar-refractivity contribution in [1.82, 2.24) is 15.6 Å². The van der Waals surface area contributed by atoms with Gasteiger partial charge < -0.3 is 20.7 Å². The number of nitrogens with one attached hydrogen (secondary N) is 3. The quantitative estimate of drug-likeness (QED) is 0.681. The standard InChI is InChI=1S/C19H22N4O3.2ClH/c1-13-17(21-10-11-26-13)19(25)22-12-14-2-4-16(5-3-14)23-18(24)15-6-8-20-9-7-15;;/h2-9,13,17,21H,10-12H2,1H3,(H,22,25)(H,23,24);2*1H/t13-,17+;;/m1../s1. The normalized spacial score (nSPS) is 18.2. The van der Waals surface area contributed by atoms with E-state index in [4.69, 9.17) is 4.74 Å². The lowest BCUT2D eigenvalue weighted by Crippen LogP contribution is -2.55. The van der Waals surface area contributed by atoms with Crippen molar-refractivity contribution in [3.05, 3.63) is 59.9 Å². The van der Waals surface area contributed by atoms with E-state index < -0.39 is 0 Å². The number of anilines is 1. The summed E-state index contributed by atoms with van der Waals surface area (Å²) in [5, 5.41) is 8.90. The summed E-state index contributed by atoms with van der Waals surface area (Å²) >= 11 is 0. The summed E-state index contributed by atoms with van der Waals surface area (Å²) in [6, 6.07) is 10.3. The second-order valence-electron chi connectivity index (χ2n) is 6.11. The van der Waals surface area contributed by atoms with Crippen molar-refractivity contribution in [1.29, 1.82) is 0 Å². The SMILES string of the molecule is C[C@H]1OCCN[C@@H]1C(=O)NCc1ccc(NC(=O)c2ccncc2)cc1.Cl.Cl. The topological polar surface area (TPSA) is 92.4 Å². The van der Waals surface area contributed by atoms with Gasteiger partial charge in [-0.1, -0.05) is 12.1 Å².